The highest BCUT2D eigenvalue weighted by Crippen LogP contribution is 1.92. The molecule has 0 amide bonds. The van der Waals surface area contributed by atoms with E-state index in [0.717, 1.165) is 0 Å². The average molecular weight is 235 g/mol. The summed E-state index contributed by atoms with van der Waals surface area (Å²) in [6, 6.07) is 0. The van der Waals surface area contributed by atoms with Gasteiger partial charge in [0.25, 0.3) is 7.19 Å². The summed E-state index contributed by atoms with van der Waals surface area (Å²) in [5.41, 5.74) is 0. The minimum atomic E-state index is -2.95. The van der Waals surface area contributed by atoms with Crippen molar-refractivity contribution in [3.8, 4) is 0 Å². The lowest BCUT2D eigenvalue weighted by Gasteiger charge is -1.89. The van der Waals surface area contributed by atoms with Crippen molar-refractivity contribution in [3.63, 3.8) is 0 Å². The van der Waals surface area contributed by atoms with Gasteiger partial charge in [-0.15, -0.1) is 0 Å². The van der Waals surface area contributed by atoms with Crippen LogP contribution in [0.15, 0.2) is 0 Å². The number of nitrogens with one attached hydrogen (secondary N) is 1. The van der Waals surface area contributed by atoms with Gasteiger partial charge in [0.1, 0.15) is 0 Å². The van der Waals surface area contributed by atoms with Crippen LogP contribution in [0.4, 0.5) is 0 Å². The van der Waals surface area contributed by atoms with Crippen molar-refractivity contribution in [1.29, 1.82) is 0 Å². The normalized spacial score (nSPS) is 11.7. The van der Waals surface area contributed by atoms with Crippen LogP contribution in [0.3, 0.4) is 0 Å². The van der Waals surface area contributed by atoms with Gasteiger partial charge in [0.05, 0.1) is 21.2 Å². The Morgan fingerprint density at radius 1 is 1.71 bits per heavy atom. The average Bonchev–Trinajstić information content (AvgIpc) is 1.30. The van der Waals surface area contributed by atoms with Crippen LogP contribution in [0.1, 0.15) is 6.92 Å². The van der Waals surface area contributed by atoms with E-state index in [4.69, 9.17) is 0 Å². The zero-order valence-electron chi connectivity index (χ0n) is 3.81. The Hall–Kier alpha value is 0.640. The summed E-state index contributed by atoms with van der Waals surface area (Å²) >= 11 is 1.34. The molecule has 0 aliphatic rings. The first kappa shape index (κ1) is 7.64. The third kappa shape index (κ3) is 6.64. The number of hydrogen-bond donors (Lipinski definition) is 1. The second-order valence-electron chi connectivity index (χ2n) is 0.936. The van der Waals surface area contributed by atoms with E-state index in [1.165, 1.54) is 21.2 Å². The summed E-state index contributed by atoms with van der Waals surface area (Å²) in [5, 5.41) is 0. The van der Waals surface area contributed by atoms with E-state index >= 15 is 0 Å². The number of hydrogen-bond acceptors (Lipinski definition) is 2. The summed E-state index contributed by atoms with van der Waals surface area (Å²) in [6.45, 7) is 2.20. The molecule has 0 aromatic rings. The van der Waals surface area contributed by atoms with Crippen LogP contribution in [0.5, 0.6) is 0 Å². The summed E-state index contributed by atoms with van der Waals surface area (Å²) in [4.78, 5) is 0. The zero-order valence-corrected chi connectivity index (χ0v) is 6.78. The lowest BCUT2D eigenvalue weighted by Crippen LogP contribution is -2.15. The lowest BCUT2D eigenvalue weighted by molar-refractivity contribution is 0.602. The molecule has 0 heterocycles. The first-order valence-electron chi connectivity index (χ1n) is 1.75. The van der Waals surface area contributed by atoms with E-state index in [-0.39, 0.29) is 0 Å². The zero-order chi connectivity index (χ0) is 5.91. The molecule has 0 saturated carbocycles. The van der Waals surface area contributed by atoms with Gasteiger partial charge < -0.3 is 0 Å². The van der Waals surface area contributed by atoms with Crippen molar-refractivity contribution in [2.45, 2.75) is 6.92 Å². The molecule has 0 fully saturated rings. The van der Waals surface area contributed by atoms with Crippen LogP contribution in [0.25, 0.3) is 0 Å². The molecule has 0 atom stereocenters. The van der Waals surface area contributed by atoms with E-state index in [9.17, 15) is 8.42 Å². The predicted octanol–water partition coefficient (Wildman–Crippen LogP) is 0.276. The highest BCUT2D eigenvalue weighted by Gasteiger charge is 1.95. The fraction of sp³-hybridized carbons (Fsp3) is 1.00. The van der Waals surface area contributed by atoms with E-state index < -0.39 is 7.19 Å². The van der Waals surface area contributed by atoms with Gasteiger partial charge in [-0.1, -0.05) is 6.92 Å². The molecule has 1 N–H and O–H groups in total. The third-order valence-corrected chi connectivity index (χ3v) is 1.88. The topological polar surface area (TPSA) is 46.2 Å². The van der Waals surface area contributed by atoms with Crippen LogP contribution in [0, 0.1) is 0 Å². The Labute approximate surface area is 55.1 Å². The molecule has 0 spiro atoms. The lowest BCUT2D eigenvalue weighted by atomic mass is 10.8. The van der Waals surface area contributed by atoms with E-state index in [2.05, 4.69) is 4.72 Å². The highest BCUT2D eigenvalue weighted by molar-refractivity contribution is 14.2. The predicted molar refractivity (Wildman–Crippen MR) is 36.6 cm³/mol. The summed E-state index contributed by atoms with van der Waals surface area (Å²) in [6.07, 6.45) is 0. The second kappa shape index (κ2) is 2.83. The van der Waals surface area contributed by atoms with Crippen LogP contribution in [-0.2, 0) is 7.19 Å². The first-order valence-corrected chi connectivity index (χ1v) is 5.78. The summed E-state index contributed by atoms with van der Waals surface area (Å²) in [7, 11) is -2.95. The van der Waals surface area contributed by atoms with Crippen molar-refractivity contribution in [3.05, 3.63) is 0 Å². The largest absolute Gasteiger partial charge is 0.265 e. The van der Waals surface area contributed by atoms with Crippen LogP contribution < -0.4 is 4.72 Å². The number of halogens is 1. The Balaban J connectivity index is 3.60. The van der Waals surface area contributed by atoms with E-state index in [0.29, 0.717) is 6.54 Å². The fourth-order valence-corrected chi connectivity index (χ4v) is 1.45. The van der Waals surface area contributed by atoms with Gasteiger partial charge in [-0.05, 0) is 0 Å². The summed E-state index contributed by atoms with van der Waals surface area (Å²) < 4.78 is 22.5. The molecule has 0 rings (SSSR count). The molecule has 44 valence electrons. The van der Waals surface area contributed by atoms with Gasteiger partial charge in [-0.2, -0.15) is 0 Å². The Bertz CT molecular complexity index is 129. The molecule has 0 radical (unpaired) electrons. The molecule has 0 aromatic heterocycles. The molecular weight excluding hydrogens is 229 g/mol. The van der Waals surface area contributed by atoms with Gasteiger partial charge in [-0.3, -0.25) is 0 Å². The molecule has 7 heavy (non-hydrogen) atoms. The Morgan fingerprint density at radius 3 is 2.14 bits per heavy atom. The van der Waals surface area contributed by atoms with Crippen molar-refractivity contribution in [2.75, 3.05) is 6.54 Å². The van der Waals surface area contributed by atoms with Gasteiger partial charge >= 0.3 is 0 Å². The maximum absolute atomic E-state index is 10.1. The van der Waals surface area contributed by atoms with Crippen LogP contribution >= 0.6 is 21.2 Å². The molecule has 0 bridgehead atoms. The molecule has 0 unspecified atom stereocenters. The molecular formula is C2H6INO2S. The molecule has 0 aliphatic carbocycles. The standard InChI is InChI=1S/C2H6INO2S/c1-2-4-7(3,5)6/h4H,2H2,1H3. The highest BCUT2D eigenvalue weighted by atomic mass is 127. The Kier molecular flexibility index (Phi) is 3.09. The van der Waals surface area contributed by atoms with Gasteiger partial charge in [0.15, 0.2) is 0 Å². The number of rotatable bonds is 2. The smallest absolute Gasteiger partial charge is 0.207 e. The maximum Gasteiger partial charge on any atom is 0.265 e. The van der Waals surface area contributed by atoms with Gasteiger partial charge in [-0.25, -0.2) is 13.1 Å². The van der Waals surface area contributed by atoms with Crippen molar-refractivity contribution >= 4 is 28.4 Å². The maximum atomic E-state index is 10.1. The second-order valence-corrected chi connectivity index (χ2v) is 5.58. The van der Waals surface area contributed by atoms with Crippen LogP contribution in [0.2, 0.25) is 0 Å². The van der Waals surface area contributed by atoms with Crippen molar-refractivity contribution < 1.29 is 8.42 Å². The Morgan fingerprint density at radius 2 is 2.14 bits per heavy atom. The molecule has 0 saturated heterocycles. The van der Waals surface area contributed by atoms with Crippen molar-refractivity contribution in [2.24, 2.45) is 0 Å². The monoisotopic (exact) mass is 235 g/mol. The third-order valence-electron chi connectivity index (χ3n) is 0.317. The first-order chi connectivity index (χ1) is 3.06. The van der Waals surface area contributed by atoms with E-state index in [1.807, 2.05) is 0 Å². The minimum Gasteiger partial charge on any atom is -0.207 e. The SMILES string of the molecule is CCNS(=O)(=O)I. The minimum absolute atomic E-state index is 0.464. The fourth-order valence-electron chi connectivity index (χ4n) is 0.172. The van der Waals surface area contributed by atoms with Gasteiger partial charge in [0.2, 0.25) is 0 Å². The van der Waals surface area contributed by atoms with Gasteiger partial charge in [0, 0.05) is 6.54 Å². The quantitative estimate of drug-likeness (QED) is 0.551. The van der Waals surface area contributed by atoms with Crippen molar-refractivity contribution in [1.82, 2.24) is 4.72 Å². The molecule has 3 nitrogen and oxygen atoms in total. The molecule has 0 aliphatic heterocycles. The molecule has 5 heteroatoms. The van der Waals surface area contributed by atoms with E-state index in [1.54, 1.807) is 6.92 Å². The summed E-state index contributed by atoms with van der Waals surface area (Å²) in [5.74, 6) is 0. The van der Waals surface area contributed by atoms with Crippen LogP contribution in [-0.4, -0.2) is 15.0 Å². The molecule has 0 aromatic carbocycles.